The number of anilines is 1. The summed E-state index contributed by atoms with van der Waals surface area (Å²) in [7, 11) is 1.89. The van der Waals surface area contributed by atoms with Crippen molar-refractivity contribution in [3.05, 3.63) is 111 Å². The molecule has 2 aromatic heterocycles. The number of carboxylic acid groups (broad SMARTS) is 1. The Balaban J connectivity index is 0.797. The summed E-state index contributed by atoms with van der Waals surface area (Å²) >= 11 is 7.10. The maximum absolute atomic E-state index is 15.6. The van der Waals surface area contributed by atoms with Gasteiger partial charge in [-0.25, -0.2) is 13.6 Å². The summed E-state index contributed by atoms with van der Waals surface area (Å²) in [5, 5.41) is 20.7. The molecule has 6 aromatic rings. The Bertz CT molecular complexity index is 3150. The van der Waals surface area contributed by atoms with Gasteiger partial charge in [0.2, 0.25) is 11.8 Å². The molecule has 0 bridgehead atoms. The molecule has 0 radical (unpaired) electrons. The van der Waals surface area contributed by atoms with Gasteiger partial charge in [0.15, 0.2) is 0 Å². The van der Waals surface area contributed by atoms with Crippen LogP contribution in [0.2, 0.25) is 5.02 Å². The van der Waals surface area contributed by atoms with Gasteiger partial charge in [-0.05, 0) is 118 Å². The van der Waals surface area contributed by atoms with Gasteiger partial charge < -0.3 is 24.2 Å². The SMILES string of the molecule is Cc1nn(C)c(C)c1-c1c(Cl)ccc2c(CCCOc3cccc4cc(F)ccc34)c(C(=O)O)n(CCN3CCC(CN4CCN(c5cc6c(cc5F)C(=O)N(C5CCC(=O)NC5=O)C6=O)CC4)CC3)c12. The Kier molecular flexibility index (Phi) is 13.2. The molecule has 4 aliphatic rings. The van der Waals surface area contributed by atoms with Gasteiger partial charge in [0.05, 0.1) is 39.7 Å². The van der Waals surface area contributed by atoms with E-state index < -0.39 is 41.5 Å². The highest BCUT2D eigenvalue weighted by atomic mass is 35.5. The van der Waals surface area contributed by atoms with Crippen molar-refractivity contribution >= 4 is 68.6 Å². The summed E-state index contributed by atoms with van der Waals surface area (Å²) in [4.78, 5) is 71.9. The van der Waals surface area contributed by atoms with Gasteiger partial charge in [-0.1, -0.05) is 29.8 Å². The fourth-order valence-corrected chi connectivity index (χ4v) is 11.5. The molecule has 10 rings (SSSR count). The number of piperidine rings is 2. The normalized spacial score (nSPS) is 18.3. The lowest BCUT2D eigenvalue weighted by Gasteiger charge is -2.39. The predicted molar refractivity (Wildman–Crippen MR) is 264 cm³/mol. The number of hydrogen-bond acceptors (Lipinski definition) is 10. The Hall–Kier alpha value is -6.69. The van der Waals surface area contributed by atoms with E-state index in [9.17, 15) is 33.5 Å². The number of amides is 4. The number of nitrogens with zero attached hydrogens (tertiary/aromatic N) is 7. The number of nitrogens with one attached hydrogen (secondary N) is 1. The topological polar surface area (TPSA) is 163 Å². The minimum Gasteiger partial charge on any atom is -0.493 e. The number of benzene rings is 4. The van der Waals surface area contributed by atoms with E-state index in [0.29, 0.717) is 81.0 Å². The predicted octanol–water partition coefficient (Wildman–Crippen LogP) is 7.39. The van der Waals surface area contributed by atoms with Crippen LogP contribution in [0.1, 0.15) is 80.3 Å². The first kappa shape index (κ1) is 48.0. The Morgan fingerprint density at radius 3 is 2.30 bits per heavy atom. The highest BCUT2D eigenvalue weighted by molar-refractivity contribution is 6.35. The molecule has 1 atom stereocenters. The van der Waals surface area contributed by atoms with E-state index in [1.165, 1.54) is 18.2 Å². The lowest BCUT2D eigenvalue weighted by molar-refractivity contribution is -0.136. The number of likely N-dealkylation sites (tertiary alicyclic amines) is 1. The van der Waals surface area contributed by atoms with Crippen molar-refractivity contribution in [1.82, 2.24) is 34.4 Å². The van der Waals surface area contributed by atoms with Gasteiger partial charge in [-0.2, -0.15) is 5.10 Å². The number of fused-ring (bicyclic) bond motifs is 3. The third kappa shape index (κ3) is 9.03. The Labute approximate surface area is 413 Å². The van der Waals surface area contributed by atoms with E-state index in [1.54, 1.807) is 6.07 Å². The molecule has 4 aliphatic heterocycles. The minimum atomic E-state index is -1.12. The molecule has 1 unspecified atom stereocenters. The van der Waals surface area contributed by atoms with E-state index in [-0.39, 0.29) is 41.2 Å². The number of imide groups is 2. The Morgan fingerprint density at radius 1 is 0.859 bits per heavy atom. The number of ether oxygens (including phenoxy) is 1. The number of aromatic carboxylic acids is 1. The van der Waals surface area contributed by atoms with Gasteiger partial charge in [0.25, 0.3) is 11.8 Å². The summed E-state index contributed by atoms with van der Waals surface area (Å²) in [6, 6.07) is 15.3. The zero-order valence-corrected chi connectivity index (χ0v) is 40.7. The van der Waals surface area contributed by atoms with Crippen molar-refractivity contribution < 1.29 is 42.6 Å². The van der Waals surface area contributed by atoms with Crippen LogP contribution in [-0.4, -0.2) is 129 Å². The van der Waals surface area contributed by atoms with Crippen LogP contribution in [0, 0.1) is 31.4 Å². The molecule has 15 nitrogen and oxygen atoms in total. The van der Waals surface area contributed by atoms with Crippen LogP contribution in [0.3, 0.4) is 0 Å². The molecule has 4 amide bonds. The van der Waals surface area contributed by atoms with E-state index in [0.717, 1.165) is 87.6 Å². The second-order valence-corrected chi connectivity index (χ2v) is 19.6. The van der Waals surface area contributed by atoms with E-state index in [2.05, 4.69) is 15.1 Å². The summed E-state index contributed by atoms with van der Waals surface area (Å²) in [5.41, 5.74) is 5.27. The second-order valence-electron chi connectivity index (χ2n) is 19.2. The fourth-order valence-electron chi connectivity index (χ4n) is 11.3. The molecule has 370 valence electrons. The van der Waals surface area contributed by atoms with Gasteiger partial charge in [0, 0.05) is 86.9 Å². The van der Waals surface area contributed by atoms with Crippen molar-refractivity contribution in [2.45, 2.75) is 65.0 Å². The zero-order valence-electron chi connectivity index (χ0n) is 39.9. The largest absolute Gasteiger partial charge is 0.493 e. The van der Waals surface area contributed by atoms with Crippen LogP contribution in [0.15, 0.2) is 60.7 Å². The maximum atomic E-state index is 15.6. The number of halogens is 3. The molecule has 0 saturated carbocycles. The first-order chi connectivity index (χ1) is 34.2. The first-order valence-corrected chi connectivity index (χ1v) is 24.7. The summed E-state index contributed by atoms with van der Waals surface area (Å²) in [5.74, 6) is -3.47. The monoisotopic (exact) mass is 988 g/mol. The standard InChI is InChI=1S/C53H55ClF2N8O7/c1-30-46(31(2)59(3)58-30)47-40(54)12-11-37-36(7-5-25-71-44-8-4-6-33-26-34(55)9-10-35(33)44)49(53(69)70)63(48(37)47)24-21-60-17-15-32(16-18-60)29-61-19-22-62(23-20-61)43-28-39-38(27-41(43)56)51(67)64(52(39)68)42-13-14-45(65)57-50(42)66/h4,6,8-12,26-28,32,42H,5,7,13-25,29H2,1-3H3,(H,69,70)(H,57,65,66). The number of carbonyl (C=O) groups excluding carboxylic acids is 4. The minimum absolute atomic E-state index is 0.000568. The van der Waals surface area contributed by atoms with Crippen LogP contribution in [0.4, 0.5) is 14.5 Å². The maximum Gasteiger partial charge on any atom is 0.352 e. The number of piperazine rings is 1. The molecule has 3 saturated heterocycles. The number of hydrogen-bond donors (Lipinski definition) is 2. The Morgan fingerprint density at radius 2 is 1.59 bits per heavy atom. The van der Waals surface area contributed by atoms with Crippen LogP contribution >= 0.6 is 11.6 Å². The molecule has 71 heavy (non-hydrogen) atoms. The van der Waals surface area contributed by atoms with Gasteiger partial charge >= 0.3 is 5.97 Å². The smallest absolute Gasteiger partial charge is 0.352 e. The van der Waals surface area contributed by atoms with Crippen molar-refractivity contribution in [3.63, 3.8) is 0 Å². The average molecular weight is 990 g/mol. The number of rotatable bonds is 14. The quantitative estimate of drug-likeness (QED) is 0.0827. The lowest BCUT2D eigenvalue weighted by atomic mass is 9.96. The van der Waals surface area contributed by atoms with Gasteiger partial charge in [-0.3, -0.25) is 39.0 Å². The van der Waals surface area contributed by atoms with E-state index in [1.807, 2.05) is 65.4 Å². The van der Waals surface area contributed by atoms with E-state index in [4.69, 9.17) is 21.4 Å². The number of carbonyl (C=O) groups is 5. The molecular weight excluding hydrogens is 934 g/mol. The molecule has 6 heterocycles. The van der Waals surface area contributed by atoms with Crippen LogP contribution in [-0.2, 0) is 29.6 Å². The zero-order chi connectivity index (χ0) is 49.8. The second kappa shape index (κ2) is 19.5. The molecule has 3 fully saturated rings. The van der Waals surface area contributed by atoms with Crippen molar-refractivity contribution in [2.75, 3.05) is 63.9 Å². The number of aromatic nitrogens is 3. The van der Waals surface area contributed by atoms with Gasteiger partial charge in [0.1, 0.15) is 29.1 Å². The van der Waals surface area contributed by atoms with Crippen LogP contribution in [0.25, 0.3) is 32.8 Å². The average Bonchev–Trinajstić information content (AvgIpc) is 3.89. The summed E-state index contributed by atoms with van der Waals surface area (Å²) in [6.07, 6.45) is 2.90. The third-order valence-corrected chi connectivity index (χ3v) is 15.3. The number of aryl methyl sites for hydroxylation is 3. The molecule has 18 heteroatoms. The fraction of sp³-hybridized carbons (Fsp3) is 0.396. The number of carboxylic acids is 1. The first-order valence-electron chi connectivity index (χ1n) is 24.3. The van der Waals surface area contributed by atoms with E-state index >= 15 is 4.39 Å². The third-order valence-electron chi connectivity index (χ3n) is 15.0. The lowest BCUT2D eigenvalue weighted by Crippen LogP contribution is -2.54. The summed E-state index contributed by atoms with van der Waals surface area (Å²) < 4.78 is 39.6. The van der Waals surface area contributed by atoms with Crippen molar-refractivity contribution in [2.24, 2.45) is 13.0 Å². The molecule has 0 aliphatic carbocycles. The molecule has 2 N–H and O–H groups in total. The highest BCUT2D eigenvalue weighted by Crippen LogP contribution is 2.42. The summed E-state index contributed by atoms with van der Waals surface area (Å²) in [6.45, 7) is 10.3. The van der Waals surface area contributed by atoms with Gasteiger partial charge in [-0.15, -0.1) is 0 Å². The molecule has 4 aromatic carbocycles. The van der Waals surface area contributed by atoms with Crippen molar-refractivity contribution in [3.8, 4) is 16.9 Å². The van der Waals surface area contributed by atoms with Crippen molar-refractivity contribution in [1.29, 1.82) is 0 Å². The van der Waals surface area contributed by atoms with Crippen LogP contribution in [0.5, 0.6) is 5.75 Å². The van der Waals surface area contributed by atoms with Crippen LogP contribution < -0.4 is 15.0 Å². The highest BCUT2D eigenvalue weighted by Gasteiger charge is 2.45. The molecular formula is C53H55ClF2N8O7. The molecule has 0 spiro atoms.